The predicted molar refractivity (Wildman–Crippen MR) is 114 cm³/mol. The lowest BCUT2D eigenvalue weighted by Crippen LogP contribution is -2.44. The minimum absolute atomic E-state index is 0.0954. The van der Waals surface area contributed by atoms with Crippen LogP contribution in [0.15, 0.2) is 54.6 Å². The van der Waals surface area contributed by atoms with Gasteiger partial charge in [0.05, 0.1) is 24.7 Å². The highest BCUT2D eigenvalue weighted by Crippen LogP contribution is 2.34. The quantitative estimate of drug-likeness (QED) is 0.631. The molecule has 2 aromatic carbocycles. The lowest BCUT2D eigenvalue weighted by molar-refractivity contribution is -0.123. The van der Waals surface area contributed by atoms with Crippen molar-refractivity contribution in [3.05, 3.63) is 65.9 Å². The highest BCUT2D eigenvalue weighted by atomic mass is 16.2. The Kier molecular flexibility index (Phi) is 4.51. The van der Waals surface area contributed by atoms with Gasteiger partial charge in [0.25, 0.3) is 5.91 Å². The van der Waals surface area contributed by atoms with Gasteiger partial charge in [-0.15, -0.1) is 0 Å². The Labute approximate surface area is 174 Å². The van der Waals surface area contributed by atoms with Gasteiger partial charge in [0, 0.05) is 29.7 Å². The zero-order valence-corrected chi connectivity index (χ0v) is 16.9. The SMILES string of the molecule is CC(=O)Cn1c2c(c3ccccc31)CCN([C@@H]1CC(=O)N(c3ccccc3)C1=O)C2. The fourth-order valence-electron chi connectivity index (χ4n) is 4.83. The molecule has 0 unspecified atom stereocenters. The smallest absolute Gasteiger partial charge is 0.251 e. The van der Waals surface area contributed by atoms with Gasteiger partial charge in [0.2, 0.25) is 5.91 Å². The summed E-state index contributed by atoms with van der Waals surface area (Å²) in [5.74, 6) is -0.229. The van der Waals surface area contributed by atoms with E-state index in [2.05, 4.69) is 15.5 Å². The van der Waals surface area contributed by atoms with Crippen molar-refractivity contribution in [2.24, 2.45) is 0 Å². The number of para-hydroxylation sites is 2. The van der Waals surface area contributed by atoms with Crippen molar-refractivity contribution < 1.29 is 14.4 Å². The van der Waals surface area contributed by atoms with Gasteiger partial charge < -0.3 is 4.57 Å². The van der Waals surface area contributed by atoms with E-state index in [4.69, 9.17) is 0 Å². The number of anilines is 1. The van der Waals surface area contributed by atoms with Gasteiger partial charge in [-0.3, -0.25) is 19.3 Å². The van der Waals surface area contributed by atoms with Crippen LogP contribution in [-0.2, 0) is 33.9 Å². The second kappa shape index (κ2) is 7.22. The fraction of sp³-hybridized carbons (Fsp3) is 0.292. The Morgan fingerprint density at radius 2 is 1.77 bits per heavy atom. The number of amides is 2. The minimum atomic E-state index is -0.463. The monoisotopic (exact) mass is 401 g/mol. The molecule has 1 aromatic heterocycles. The molecule has 0 bridgehead atoms. The number of rotatable bonds is 4. The normalized spacial score (nSPS) is 19.5. The van der Waals surface area contributed by atoms with Gasteiger partial charge in [0.15, 0.2) is 0 Å². The lowest BCUT2D eigenvalue weighted by atomic mass is 10.0. The van der Waals surface area contributed by atoms with Crippen LogP contribution in [0.2, 0.25) is 0 Å². The lowest BCUT2D eigenvalue weighted by Gasteiger charge is -2.32. The topological polar surface area (TPSA) is 62.6 Å². The van der Waals surface area contributed by atoms with Crippen LogP contribution >= 0.6 is 0 Å². The summed E-state index contributed by atoms with van der Waals surface area (Å²) in [5.41, 5.74) is 4.01. The Bertz CT molecular complexity index is 1170. The third kappa shape index (κ3) is 2.95. The van der Waals surface area contributed by atoms with E-state index in [0.29, 0.717) is 25.3 Å². The van der Waals surface area contributed by atoms with Crippen molar-refractivity contribution in [3.63, 3.8) is 0 Å². The van der Waals surface area contributed by atoms with Crippen molar-refractivity contribution in [2.45, 2.75) is 38.9 Å². The van der Waals surface area contributed by atoms with E-state index in [1.807, 2.05) is 36.4 Å². The second-order valence-electron chi connectivity index (χ2n) is 8.07. The second-order valence-corrected chi connectivity index (χ2v) is 8.07. The molecule has 0 spiro atoms. The molecule has 2 amide bonds. The number of carbonyl (C=O) groups excluding carboxylic acids is 3. The molecule has 0 saturated carbocycles. The van der Waals surface area contributed by atoms with Crippen LogP contribution < -0.4 is 4.90 Å². The van der Waals surface area contributed by atoms with Crippen LogP contribution in [0.3, 0.4) is 0 Å². The van der Waals surface area contributed by atoms with Gasteiger partial charge in [-0.05, 0) is 37.1 Å². The maximum absolute atomic E-state index is 13.2. The van der Waals surface area contributed by atoms with E-state index in [9.17, 15) is 14.4 Å². The van der Waals surface area contributed by atoms with E-state index < -0.39 is 6.04 Å². The summed E-state index contributed by atoms with van der Waals surface area (Å²) in [6.07, 6.45) is 0.986. The highest BCUT2D eigenvalue weighted by Gasteiger charge is 2.43. The number of fused-ring (bicyclic) bond motifs is 3. The van der Waals surface area contributed by atoms with E-state index >= 15 is 0 Å². The predicted octanol–water partition coefficient (Wildman–Crippen LogP) is 2.92. The summed E-state index contributed by atoms with van der Waals surface area (Å²) in [4.78, 5) is 41.2. The van der Waals surface area contributed by atoms with Gasteiger partial charge in [-0.2, -0.15) is 0 Å². The third-order valence-electron chi connectivity index (χ3n) is 6.15. The number of hydrogen-bond donors (Lipinski definition) is 0. The summed E-state index contributed by atoms with van der Waals surface area (Å²) in [7, 11) is 0. The Balaban J connectivity index is 1.48. The van der Waals surface area contributed by atoms with E-state index in [-0.39, 0.29) is 24.0 Å². The molecule has 3 heterocycles. The average Bonchev–Trinajstić information content (AvgIpc) is 3.22. The molecule has 6 heteroatoms. The molecule has 2 aliphatic heterocycles. The van der Waals surface area contributed by atoms with Gasteiger partial charge in [-0.1, -0.05) is 36.4 Å². The van der Waals surface area contributed by atoms with Crippen molar-refractivity contribution in [2.75, 3.05) is 11.4 Å². The molecule has 0 radical (unpaired) electrons. The van der Waals surface area contributed by atoms with E-state index in [1.165, 1.54) is 15.8 Å². The van der Waals surface area contributed by atoms with Crippen molar-refractivity contribution in [1.29, 1.82) is 0 Å². The average molecular weight is 401 g/mol. The van der Waals surface area contributed by atoms with E-state index in [1.54, 1.807) is 19.1 Å². The first kappa shape index (κ1) is 18.8. The van der Waals surface area contributed by atoms with Crippen LogP contribution in [0, 0.1) is 0 Å². The molecule has 152 valence electrons. The molecule has 2 aliphatic rings. The Morgan fingerprint density at radius 1 is 1.03 bits per heavy atom. The largest absolute Gasteiger partial charge is 0.336 e. The number of ketones is 1. The third-order valence-corrected chi connectivity index (χ3v) is 6.15. The molecule has 6 nitrogen and oxygen atoms in total. The maximum atomic E-state index is 13.2. The summed E-state index contributed by atoms with van der Waals surface area (Å²) in [5, 5.41) is 1.17. The molecular weight excluding hydrogens is 378 g/mol. The van der Waals surface area contributed by atoms with E-state index in [0.717, 1.165) is 17.6 Å². The summed E-state index contributed by atoms with van der Waals surface area (Å²) >= 11 is 0. The fourth-order valence-corrected chi connectivity index (χ4v) is 4.83. The van der Waals surface area contributed by atoms with Crippen LogP contribution in [0.5, 0.6) is 0 Å². The van der Waals surface area contributed by atoms with Gasteiger partial charge >= 0.3 is 0 Å². The zero-order chi connectivity index (χ0) is 20.8. The first-order valence-corrected chi connectivity index (χ1v) is 10.3. The molecule has 1 fully saturated rings. The van der Waals surface area contributed by atoms with Gasteiger partial charge in [0.1, 0.15) is 5.78 Å². The molecule has 30 heavy (non-hydrogen) atoms. The maximum Gasteiger partial charge on any atom is 0.251 e. The number of imide groups is 1. The Morgan fingerprint density at radius 3 is 2.53 bits per heavy atom. The van der Waals surface area contributed by atoms with Crippen LogP contribution in [0.1, 0.15) is 24.6 Å². The molecule has 0 N–H and O–H groups in total. The molecular formula is C24H23N3O3. The highest BCUT2D eigenvalue weighted by molar-refractivity contribution is 6.22. The Hall–Kier alpha value is -3.25. The number of Topliss-reactive ketones (excluding diaryl/α,β-unsaturated/α-hetero) is 1. The van der Waals surface area contributed by atoms with Crippen molar-refractivity contribution >= 4 is 34.2 Å². The number of benzene rings is 2. The number of carbonyl (C=O) groups is 3. The standard InChI is InChI=1S/C24H23N3O3/c1-16(28)14-26-20-10-6-5-9-18(20)19-11-12-25(15-22(19)26)21-13-23(29)27(24(21)30)17-7-3-2-4-8-17/h2-10,21H,11-15H2,1H3/t21-/m1/s1. The minimum Gasteiger partial charge on any atom is -0.336 e. The summed E-state index contributed by atoms with van der Waals surface area (Å²) in [6.45, 7) is 3.19. The van der Waals surface area contributed by atoms with Crippen LogP contribution in [-0.4, -0.2) is 39.7 Å². The summed E-state index contributed by atoms with van der Waals surface area (Å²) in [6, 6.07) is 16.8. The van der Waals surface area contributed by atoms with Crippen LogP contribution in [0.4, 0.5) is 5.69 Å². The van der Waals surface area contributed by atoms with Crippen LogP contribution in [0.25, 0.3) is 10.9 Å². The molecule has 3 aromatic rings. The first-order valence-electron chi connectivity index (χ1n) is 10.3. The molecule has 1 saturated heterocycles. The zero-order valence-electron chi connectivity index (χ0n) is 16.9. The first-order chi connectivity index (χ1) is 14.5. The van der Waals surface area contributed by atoms with Gasteiger partial charge in [-0.25, -0.2) is 4.90 Å². The molecule has 1 atom stereocenters. The van der Waals surface area contributed by atoms with Crippen molar-refractivity contribution in [1.82, 2.24) is 9.47 Å². The van der Waals surface area contributed by atoms with Crippen molar-refractivity contribution in [3.8, 4) is 0 Å². The number of aromatic nitrogens is 1. The summed E-state index contributed by atoms with van der Waals surface area (Å²) < 4.78 is 2.08. The molecule has 0 aliphatic carbocycles. The number of nitrogens with zero attached hydrogens (tertiary/aromatic N) is 3. The molecule has 5 rings (SSSR count). The number of hydrogen-bond acceptors (Lipinski definition) is 4.